The number of halogens is 2. The van der Waals surface area contributed by atoms with E-state index in [1.807, 2.05) is 0 Å². The highest BCUT2D eigenvalue weighted by Crippen LogP contribution is 2.17. The maximum absolute atomic E-state index is 11.9. The Morgan fingerprint density at radius 1 is 1.45 bits per heavy atom. The number of aldehydes is 1. The van der Waals surface area contributed by atoms with Crippen molar-refractivity contribution >= 4 is 6.29 Å². The summed E-state index contributed by atoms with van der Waals surface area (Å²) in [6.45, 7) is 0. The summed E-state index contributed by atoms with van der Waals surface area (Å²) < 4.78 is 23.9. The highest BCUT2D eigenvalue weighted by molar-refractivity contribution is 5.74. The Morgan fingerprint density at radius 3 is 2.73 bits per heavy atom. The number of pyridine rings is 1. The molecule has 0 aliphatic rings. The van der Waals surface area contributed by atoms with Gasteiger partial charge in [-0.1, -0.05) is 0 Å². The number of hydrogen-bond acceptors (Lipinski definition) is 2. The first-order valence-corrected chi connectivity index (χ1v) is 2.92. The Morgan fingerprint density at radius 2 is 2.18 bits per heavy atom. The second kappa shape index (κ2) is 3.18. The summed E-state index contributed by atoms with van der Waals surface area (Å²) in [5, 5.41) is 0. The number of hydrogen-bond donors (Lipinski definition) is 0. The molecule has 0 amide bonds. The van der Waals surface area contributed by atoms with Gasteiger partial charge in [-0.2, -0.15) is 0 Å². The molecule has 0 atom stereocenters. The van der Waals surface area contributed by atoms with Gasteiger partial charge in [0.25, 0.3) is 6.43 Å². The van der Waals surface area contributed by atoms with Crippen LogP contribution >= 0.6 is 0 Å². The number of rotatable bonds is 2. The first-order valence-electron chi connectivity index (χ1n) is 2.92. The van der Waals surface area contributed by atoms with Crippen molar-refractivity contribution in [2.24, 2.45) is 0 Å². The monoisotopic (exact) mass is 157 g/mol. The zero-order valence-electron chi connectivity index (χ0n) is 5.50. The average Bonchev–Trinajstić information content (AvgIpc) is 2.05. The number of carbonyl (C=O) groups is 1. The van der Waals surface area contributed by atoms with E-state index >= 15 is 0 Å². The Labute approximate surface area is 61.9 Å². The van der Waals surface area contributed by atoms with Crippen LogP contribution in [0.1, 0.15) is 22.3 Å². The second-order valence-electron chi connectivity index (χ2n) is 1.97. The topological polar surface area (TPSA) is 30.0 Å². The van der Waals surface area contributed by atoms with Gasteiger partial charge in [0.2, 0.25) is 0 Å². The quantitative estimate of drug-likeness (QED) is 0.613. The Hall–Kier alpha value is -1.32. The Bertz CT molecular complexity index is 262. The van der Waals surface area contributed by atoms with E-state index in [9.17, 15) is 13.6 Å². The molecule has 1 rings (SSSR count). The van der Waals surface area contributed by atoms with Crippen molar-refractivity contribution in [2.45, 2.75) is 6.43 Å². The van der Waals surface area contributed by atoms with Crippen molar-refractivity contribution in [1.82, 2.24) is 4.98 Å². The van der Waals surface area contributed by atoms with E-state index in [1.54, 1.807) is 0 Å². The molecule has 0 aromatic carbocycles. The predicted octanol–water partition coefficient (Wildman–Crippen LogP) is 1.83. The molecule has 0 fully saturated rings. The number of alkyl halides is 2. The Balaban J connectivity index is 3.00. The van der Waals surface area contributed by atoms with Crippen LogP contribution in [0, 0.1) is 0 Å². The van der Waals surface area contributed by atoms with Gasteiger partial charge in [-0.05, 0) is 6.07 Å². The largest absolute Gasteiger partial charge is 0.298 e. The van der Waals surface area contributed by atoms with Crippen molar-refractivity contribution in [1.29, 1.82) is 0 Å². The predicted molar refractivity (Wildman–Crippen MR) is 34.6 cm³/mol. The molecule has 0 saturated carbocycles. The zero-order valence-corrected chi connectivity index (χ0v) is 5.50. The normalized spacial score (nSPS) is 10.1. The van der Waals surface area contributed by atoms with Crippen LogP contribution in [0.2, 0.25) is 0 Å². The molecule has 0 saturated heterocycles. The molecule has 1 aromatic rings. The molecular weight excluding hydrogens is 152 g/mol. The molecule has 0 unspecified atom stereocenters. The van der Waals surface area contributed by atoms with Crippen molar-refractivity contribution in [2.75, 3.05) is 0 Å². The fraction of sp³-hybridized carbons (Fsp3) is 0.143. The molecule has 0 bridgehead atoms. The molecule has 1 heterocycles. The van der Waals surface area contributed by atoms with E-state index in [0.717, 1.165) is 12.3 Å². The summed E-state index contributed by atoms with van der Waals surface area (Å²) in [7, 11) is 0. The first kappa shape index (κ1) is 7.78. The summed E-state index contributed by atoms with van der Waals surface area (Å²) in [5.41, 5.74) is -0.0580. The minimum absolute atomic E-state index is 0.169. The van der Waals surface area contributed by atoms with Crippen LogP contribution in [0.5, 0.6) is 0 Å². The molecular formula is C7H5F2NO. The SMILES string of the molecule is O=Cc1cncc(C(F)F)c1. The smallest absolute Gasteiger partial charge is 0.265 e. The van der Waals surface area contributed by atoms with Crippen LogP contribution in [0.4, 0.5) is 8.78 Å². The van der Waals surface area contributed by atoms with E-state index in [2.05, 4.69) is 4.98 Å². The lowest BCUT2D eigenvalue weighted by atomic mass is 10.2. The standard InChI is InChI=1S/C7H5F2NO/c8-7(9)6-1-5(4-11)2-10-3-6/h1-4,7H. The van der Waals surface area contributed by atoms with Crippen LogP contribution in [0.15, 0.2) is 18.5 Å². The summed E-state index contributed by atoms with van der Waals surface area (Å²) in [5.74, 6) is 0. The van der Waals surface area contributed by atoms with Crippen LogP contribution < -0.4 is 0 Å². The van der Waals surface area contributed by atoms with Gasteiger partial charge in [0.15, 0.2) is 6.29 Å². The molecule has 58 valence electrons. The van der Waals surface area contributed by atoms with Gasteiger partial charge in [-0.25, -0.2) is 8.78 Å². The number of nitrogens with zero attached hydrogens (tertiary/aromatic N) is 1. The summed E-state index contributed by atoms with van der Waals surface area (Å²) in [4.78, 5) is 13.6. The molecule has 11 heavy (non-hydrogen) atoms. The third kappa shape index (κ3) is 1.80. The molecule has 0 N–H and O–H groups in total. The summed E-state index contributed by atoms with van der Waals surface area (Å²) in [6.07, 6.45) is 0.192. The van der Waals surface area contributed by atoms with Gasteiger partial charge in [-0.3, -0.25) is 9.78 Å². The van der Waals surface area contributed by atoms with Crippen LogP contribution in [-0.2, 0) is 0 Å². The molecule has 1 aromatic heterocycles. The third-order valence-electron chi connectivity index (χ3n) is 1.17. The van der Waals surface area contributed by atoms with Gasteiger partial charge in [0.1, 0.15) is 0 Å². The first-order chi connectivity index (χ1) is 5.24. The fourth-order valence-corrected chi connectivity index (χ4v) is 0.660. The van der Waals surface area contributed by atoms with Gasteiger partial charge in [0, 0.05) is 23.5 Å². The highest BCUT2D eigenvalue weighted by Gasteiger charge is 2.06. The average molecular weight is 157 g/mol. The van der Waals surface area contributed by atoms with E-state index in [-0.39, 0.29) is 11.1 Å². The van der Waals surface area contributed by atoms with Crippen molar-refractivity contribution < 1.29 is 13.6 Å². The van der Waals surface area contributed by atoms with Crippen molar-refractivity contribution in [3.05, 3.63) is 29.6 Å². The van der Waals surface area contributed by atoms with Gasteiger partial charge in [-0.15, -0.1) is 0 Å². The molecule has 0 radical (unpaired) electrons. The lowest BCUT2D eigenvalue weighted by Gasteiger charge is -1.97. The fourth-order valence-electron chi connectivity index (χ4n) is 0.660. The lowest BCUT2D eigenvalue weighted by Crippen LogP contribution is -1.89. The van der Waals surface area contributed by atoms with Crippen LogP contribution in [0.3, 0.4) is 0 Å². The molecule has 0 spiro atoms. The Kier molecular flexibility index (Phi) is 2.25. The van der Waals surface area contributed by atoms with Crippen molar-refractivity contribution in [3.8, 4) is 0 Å². The van der Waals surface area contributed by atoms with E-state index in [1.165, 1.54) is 6.20 Å². The molecule has 2 nitrogen and oxygen atoms in total. The molecule has 0 aliphatic heterocycles. The molecule has 4 heteroatoms. The maximum atomic E-state index is 11.9. The zero-order chi connectivity index (χ0) is 8.27. The van der Waals surface area contributed by atoms with E-state index < -0.39 is 6.43 Å². The second-order valence-corrected chi connectivity index (χ2v) is 1.97. The van der Waals surface area contributed by atoms with Gasteiger partial charge >= 0.3 is 0 Å². The molecule has 0 aliphatic carbocycles. The minimum atomic E-state index is -2.57. The minimum Gasteiger partial charge on any atom is -0.298 e. The summed E-state index contributed by atoms with van der Waals surface area (Å²) in [6, 6.07) is 1.12. The maximum Gasteiger partial charge on any atom is 0.265 e. The van der Waals surface area contributed by atoms with Gasteiger partial charge in [0.05, 0.1) is 0 Å². The summed E-state index contributed by atoms with van der Waals surface area (Å²) >= 11 is 0. The number of carbonyl (C=O) groups excluding carboxylic acids is 1. The van der Waals surface area contributed by atoms with Crippen LogP contribution in [-0.4, -0.2) is 11.3 Å². The van der Waals surface area contributed by atoms with Crippen molar-refractivity contribution in [3.63, 3.8) is 0 Å². The van der Waals surface area contributed by atoms with E-state index in [0.29, 0.717) is 6.29 Å². The highest BCUT2D eigenvalue weighted by atomic mass is 19.3. The van der Waals surface area contributed by atoms with Crippen LogP contribution in [0.25, 0.3) is 0 Å². The van der Waals surface area contributed by atoms with E-state index in [4.69, 9.17) is 0 Å². The lowest BCUT2D eigenvalue weighted by molar-refractivity contribution is 0.112. The number of aromatic nitrogens is 1. The third-order valence-corrected chi connectivity index (χ3v) is 1.17. The van der Waals surface area contributed by atoms with Gasteiger partial charge < -0.3 is 0 Å².